The molecule has 3 rings (SSSR count). The van der Waals surface area contributed by atoms with Gasteiger partial charge < -0.3 is 5.11 Å². The highest BCUT2D eigenvalue weighted by Gasteiger charge is 2.22. The number of fused-ring (bicyclic) bond motifs is 1. The number of aliphatic hydroxyl groups is 1. The summed E-state index contributed by atoms with van der Waals surface area (Å²) < 4.78 is 28.8. The molecule has 0 radical (unpaired) electrons. The van der Waals surface area contributed by atoms with Gasteiger partial charge >= 0.3 is 0 Å². The molecule has 5 nitrogen and oxygen atoms in total. The van der Waals surface area contributed by atoms with Gasteiger partial charge in [-0.05, 0) is 43.2 Å². The van der Waals surface area contributed by atoms with E-state index in [9.17, 15) is 8.78 Å². The van der Waals surface area contributed by atoms with Gasteiger partial charge in [0.05, 0.1) is 35.1 Å². The minimum absolute atomic E-state index is 0.0223. The van der Waals surface area contributed by atoms with Crippen molar-refractivity contribution in [2.24, 2.45) is 15.1 Å². The average Bonchev–Trinajstić information content (AvgIpc) is 2.87. The molecule has 29 heavy (non-hydrogen) atoms. The van der Waals surface area contributed by atoms with E-state index in [1.165, 1.54) is 18.2 Å². The predicted molar refractivity (Wildman–Crippen MR) is 113 cm³/mol. The summed E-state index contributed by atoms with van der Waals surface area (Å²) in [5.74, 6) is -0.872. The lowest BCUT2D eigenvalue weighted by Gasteiger charge is -2.10. The van der Waals surface area contributed by atoms with Gasteiger partial charge in [0.1, 0.15) is 17.5 Å². The minimum atomic E-state index is -0.725. The summed E-state index contributed by atoms with van der Waals surface area (Å²) >= 11 is 12.0. The molecule has 0 aromatic heterocycles. The zero-order valence-corrected chi connectivity index (χ0v) is 16.8. The van der Waals surface area contributed by atoms with Gasteiger partial charge in [-0.3, -0.25) is 10.4 Å². The molecule has 2 aromatic rings. The Morgan fingerprint density at radius 1 is 1.21 bits per heavy atom. The molecule has 0 saturated carbocycles. The molecule has 0 spiro atoms. The number of alkyl halides is 1. The second kappa shape index (κ2) is 9.91. The minimum Gasteiger partial charge on any atom is -0.396 e. The van der Waals surface area contributed by atoms with E-state index < -0.39 is 11.6 Å². The maximum absolute atomic E-state index is 14.4. The van der Waals surface area contributed by atoms with Crippen molar-refractivity contribution in [1.29, 1.82) is 0 Å². The van der Waals surface area contributed by atoms with Crippen molar-refractivity contribution in [3.8, 4) is 0 Å². The van der Waals surface area contributed by atoms with Crippen LogP contribution in [0.1, 0.15) is 24.0 Å². The fraction of sp³-hybridized carbons (Fsp3) is 0.250. The van der Waals surface area contributed by atoms with Gasteiger partial charge in [0.2, 0.25) is 0 Å². The first kappa shape index (κ1) is 21.4. The van der Waals surface area contributed by atoms with Gasteiger partial charge in [-0.1, -0.05) is 17.7 Å². The number of nitrogens with zero attached hydrogens (tertiary/aromatic N) is 3. The van der Waals surface area contributed by atoms with Gasteiger partial charge in [-0.2, -0.15) is 5.10 Å². The van der Waals surface area contributed by atoms with Gasteiger partial charge in [0.25, 0.3) is 0 Å². The molecule has 1 aliphatic heterocycles. The zero-order chi connectivity index (χ0) is 20.8. The van der Waals surface area contributed by atoms with Crippen LogP contribution >= 0.6 is 23.2 Å². The molecule has 0 amide bonds. The molecule has 2 N–H and O–H groups in total. The Hall–Kier alpha value is -2.35. The maximum Gasteiger partial charge on any atom is 0.144 e. The van der Waals surface area contributed by atoms with Crippen LogP contribution in [0, 0.1) is 11.6 Å². The van der Waals surface area contributed by atoms with Crippen LogP contribution in [0.5, 0.6) is 0 Å². The van der Waals surface area contributed by atoms with Crippen molar-refractivity contribution in [3.05, 3.63) is 64.2 Å². The SMILES string of the molecule is OCCCC(CCl)=NNC1=Nc2ccc(Cl)cc2C(c2c(F)cccc2F)=NC1. The number of aliphatic imine (C=N–C) groups is 2. The van der Waals surface area contributed by atoms with E-state index in [4.69, 9.17) is 28.3 Å². The van der Waals surface area contributed by atoms with E-state index >= 15 is 0 Å². The fourth-order valence-electron chi connectivity index (χ4n) is 2.79. The molecule has 0 saturated heterocycles. The van der Waals surface area contributed by atoms with Crippen molar-refractivity contribution in [2.45, 2.75) is 12.8 Å². The molecular weight excluding hydrogens is 421 g/mol. The number of amidine groups is 1. The largest absolute Gasteiger partial charge is 0.396 e. The lowest BCUT2D eigenvalue weighted by molar-refractivity contribution is 0.291. The Morgan fingerprint density at radius 2 is 1.97 bits per heavy atom. The third kappa shape index (κ3) is 5.18. The molecule has 0 aliphatic carbocycles. The zero-order valence-electron chi connectivity index (χ0n) is 15.3. The third-order valence-electron chi connectivity index (χ3n) is 4.18. The third-order valence-corrected chi connectivity index (χ3v) is 4.72. The average molecular weight is 439 g/mol. The summed E-state index contributed by atoms with van der Waals surface area (Å²) in [5, 5.41) is 13.6. The summed E-state index contributed by atoms with van der Waals surface area (Å²) in [6.45, 7) is 0.0569. The fourth-order valence-corrected chi connectivity index (χ4v) is 3.16. The molecular formula is C20H18Cl2F2N4O. The Kier molecular flexibility index (Phi) is 7.30. The lowest BCUT2D eigenvalue weighted by Crippen LogP contribution is -2.23. The second-order valence-electron chi connectivity index (χ2n) is 6.23. The Balaban J connectivity index is 2.00. The van der Waals surface area contributed by atoms with E-state index in [-0.39, 0.29) is 30.3 Å². The van der Waals surface area contributed by atoms with Crippen LogP contribution < -0.4 is 5.43 Å². The number of hydrazone groups is 1. The van der Waals surface area contributed by atoms with E-state index in [1.54, 1.807) is 18.2 Å². The van der Waals surface area contributed by atoms with Crippen LogP contribution in [0.25, 0.3) is 0 Å². The van der Waals surface area contributed by atoms with Gasteiger partial charge in [0.15, 0.2) is 0 Å². The first-order valence-electron chi connectivity index (χ1n) is 8.88. The van der Waals surface area contributed by atoms with Crippen LogP contribution in [0.4, 0.5) is 14.5 Å². The molecule has 9 heteroatoms. The molecule has 0 fully saturated rings. The Bertz CT molecular complexity index is 972. The van der Waals surface area contributed by atoms with E-state index in [1.807, 2.05) is 0 Å². The van der Waals surface area contributed by atoms with Gasteiger partial charge in [-0.15, -0.1) is 11.6 Å². The van der Waals surface area contributed by atoms with E-state index in [0.29, 0.717) is 40.7 Å². The van der Waals surface area contributed by atoms with E-state index in [2.05, 4.69) is 20.5 Å². The summed E-state index contributed by atoms with van der Waals surface area (Å²) in [5.41, 5.74) is 4.23. The number of halogens is 4. The molecule has 1 aliphatic rings. The summed E-state index contributed by atoms with van der Waals surface area (Å²) in [6.07, 6.45) is 1.07. The predicted octanol–water partition coefficient (Wildman–Crippen LogP) is 4.46. The smallest absolute Gasteiger partial charge is 0.144 e. The van der Waals surface area contributed by atoms with Crippen molar-refractivity contribution in [3.63, 3.8) is 0 Å². The number of nitrogens with one attached hydrogen (secondary N) is 1. The highest BCUT2D eigenvalue weighted by Crippen LogP contribution is 2.30. The van der Waals surface area contributed by atoms with Crippen molar-refractivity contribution < 1.29 is 13.9 Å². The number of aliphatic hydroxyl groups excluding tert-OH is 1. The van der Waals surface area contributed by atoms with Crippen molar-refractivity contribution in [2.75, 3.05) is 19.0 Å². The molecule has 2 aromatic carbocycles. The van der Waals surface area contributed by atoms with Gasteiger partial charge in [0, 0.05) is 17.2 Å². The van der Waals surface area contributed by atoms with Crippen LogP contribution in [0.2, 0.25) is 5.02 Å². The molecule has 0 bridgehead atoms. The first-order valence-corrected chi connectivity index (χ1v) is 9.79. The van der Waals surface area contributed by atoms with Crippen molar-refractivity contribution in [1.82, 2.24) is 5.43 Å². The summed E-state index contributed by atoms with van der Waals surface area (Å²) in [6, 6.07) is 8.50. The Morgan fingerprint density at radius 3 is 2.66 bits per heavy atom. The van der Waals surface area contributed by atoms with Crippen molar-refractivity contribution >= 4 is 46.1 Å². The topological polar surface area (TPSA) is 69.3 Å². The Labute approximate surface area is 176 Å². The molecule has 0 unspecified atom stereocenters. The maximum atomic E-state index is 14.4. The standard InChI is InChI=1S/C20H18Cl2F2N4O/c21-10-13(3-2-8-29)27-28-18-11-25-20(19-15(23)4-1-5-16(19)24)14-9-12(22)6-7-17(14)26-18/h1,4-7,9,29H,2-3,8,10-11H2,(H,26,28). The van der Waals surface area contributed by atoms with Crippen LogP contribution in [0.15, 0.2) is 51.5 Å². The molecule has 1 heterocycles. The van der Waals surface area contributed by atoms with Crippen LogP contribution in [-0.2, 0) is 0 Å². The highest BCUT2D eigenvalue weighted by molar-refractivity contribution is 6.31. The monoisotopic (exact) mass is 438 g/mol. The quantitative estimate of drug-likeness (QED) is 0.397. The lowest BCUT2D eigenvalue weighted by atomic mass is 9.99. The normalized spacial score (nSPS) is 14.0. The second-order valence-corrected chi connectivity index (χ2v) is 6.94. The van der Waals surface area contributed by atoms with Crippen LogP contribution in [0.3, 0.4) is 0 Å². The number of hydrogen-bond donors (Lipinski definition) is 2. The van der Waals surface area contributed by atoms with Crippen LogP contribution in [-0.4, -0.2) is 41.4 Å². The number of rotatable bonds is 6. The first-order chi connectivity index (χ1) is 14.0. The molecule has 152 valence electrons. The van der Waals surface area contributed by atoms with E-state index in [0.717, 1.165) is 0 Å². The summed E-state index contributed by atoms with van der Waals surface area (Å²) in [4.78, 5) is 8.88. The van der Waals surface area contributed by atoms with Gasteiger partial charge in [-0.25, -0.2) is 13.8 Å². The number of hydrogen-bond acceptors (Lipinski definition) is 5. The highest BCUT2D eigenvalue weighted by atomic mass is 35.5. The number of benzene rings is 2. The molecule has 0 atom stereocenters. The summed E-state index contributed by atoms with van der Waals surface area (Å²) in [7, 11) is 0.